The summed E-state index contributed by atoms with van der Waals surface area (Å²) < 4.78 is 5.94. The summed E-state index contributed by atoms with van der Waals surface area (Å²) in [5, 5.41) is 4.59. The third-order valence-corrected chi connectivity index (χ3v) is 4.34. The van der Waals surface area contributed by atoms with Gasteiger partial charge in [-0.25, -0.2) is 0 Å². The van der Waals surface area contributed by atoms with Crippen LogP contribution in [0.4, 0.5) is 0 Å². The number of para-hydroxylation sites is 1. The summed E-state index contributed by atoms with van der Waals surface area (Å²) in [6, 6.07) is 14.1. The third kappa shape index (κ3) is 4.91. The van der Waals surface area contributed by atoms with Crippen LogP contribution in [-0.4, -0.2) is 6.04 Å². The quantitative estimate of drug-likeness (QED) is 0.724. The van der Waals surface area contributed by atoms with Crippen molar-refractivity contribution in [2.45, 2.75) is 39.5 Å². The molecule has 0 aliphatic carbocycles. The smallest absolute Gasteiger partial charge is 0.124 e. The Kier molecular flexibility index (Phi) is 6.56. The molecule has 2 aromatic rings. The van der Waals surface area contributed by atoms with Crippen molar-refractivity contribution in [2.75, 3.05) is 0 Å². The van der Waals surface area contributed by atoms with E-state index in [2.05, 4.69) is 25.2 Å². The second kappa shape index (κ2) is 8.42. The molecular formula is C18H21Cl2NO. The van der Waals surface area contributed by atoms with E-state index in [0.29, 0.717) is 22.7 Å². The van der Waals surface area contributed by atoms with Gasteiger partial charge in [0.2, 0.25) is 0 Å². The minimum absolute atomic E-state index is 0.469. The van der Waals surface area contributed by atoms with E-state index >= 15 is 0 Å². The summed E-state index contributed by atoms with van der Waals surface area (Å²) >= 11 is 12.0. The standard InChI is InChI=1S/C18H21Cl2NO/c1-3-13(2)21-11-15-6-4-5-7-18(15)22-12-14-8-9-16(19)17(20)10-14/h4-10,13,21H,3,11-12H2,1-2H3. The van der Waals surface area contributed by atoms with E-state index in [1.165, 1.54) is 0 Å². The van der Waals surface area contributed by atoms with Crippen molar-refractivity contribution in [3.05, 3.63) is 63.6 Å². The van der Waals surface area contributed by atoms with Gasteiger partial charge in [0.15, 0.2) is 0 Å². The summed E-state index contributed by atoms with van der Waals surface area (Å²) in [7, 11) is 0. The maximum absolute atomic E-state index is 6.03. The Morgan fingerprint density at radius 2 is 1.86 bits per heavy atom. The average Bonchev–Trinajstić information content (AvgIpc) is 2.54. The van der Waals surface area contributed by atoms with E-state index in [-0.39, 0.29) is 0 Å². The normalized spacial score (nSPS) is 12.2. The van der Waals surface area contributed by atoms with Crippen LogP contribution in [0.2, 0.25) is 10.0 Å². The van der Waals surface area contributed by atoms with Crippen molar-refractivity contribution in [3.8, 4) is 5.75 Å². The molecule has 1 unspecified atom stereocenters. The van der Waals surface area contributed by atoms with Crippen LogP contribution in [0.25, 0.3) is 0 Å². The summed E-state index contributed by atoms with van der Waals surface area (Å²) in [5.74, 6) is 0.893. The second-order valence-corrected chi connectivity index (χ2v) is 6.15. The Morgan fingerprint density at radius 1 is 1.09 bits per heavy atom. The van der Waals surface area contributed by atoms with Crippen LogP contribution in [0, 0.1) is 0 Å². The van der Waals surface area contributed by atoms with E-state index in [0.717, 1.165) is 29.8 Å². The molecule has 2 rings (SSSR count). The van der Waals surface area contributed by atoms with Crippen molar-refractivity contribution in [1.82, 2.24) is 5.32 Å². The predicted molar refractivity (Wildman–Crippen MR) is 93.8 cm³/mol. The second-order valence-electron chi connectivity index (χ2n) is 5.34. The molecule has 0 aromatic heterocycles. The first-order valence-electron chi connectivity index (χ1n) is 7.48. The number of hydrogen-bond donors (Lipinski definition) is 1. The summed E-state index contributed by atoms with van der Waals surface area (Å²) in [6.07, 6.45) is 1.10. The average molecular weight is 338 g/mol. The number of benzene rings is 2. The molecule has 0 fully saturated rings. The topological polar surface area (TPSA) is 21.3 Å². The van der Waals surface area contributed by atoms with E-state index in [9.17, 15) is 0 Å². The summed E-state index contributed by atoms with van der Waals surface area (Å²) in [6.45, 7) is 5.62. The van der Waals surface area contributed by atoms with Gasteiger partial charge in [0.05, 0.1) is 10.0 Å². The zero-order valence-corrected chi connectivity index (χ0v) is 14.4. The molecule has 0 aliphatic heterocycles. The molecule has 0 saturated heterocycles. The van der Waals surface area contributed by atoms with Crippen LogP contribution in [0.1, 0.15) is 31.4 Å². The molecule has 0 aliphatic rings. The van der Waals surface area contributed by atoms with Gasteiger partial charge in [0.1, 0.15) is 12.4 Å². The van der Waals surface area contributed by atoms with Crippen molar-refractivity contribution >= 4 is 23.2 Å². The van der Waals surface area contributed by atoms with Crippen molar-refractivity contribution < 1.29 is 4.74 Å². The number of ether oxygens (including phenoxy) is 1. The lowest BCUT2D eigenvalue weighted by atomic mass is 10.1. The molecule has 2 aromatic carbocycles. The number of hydrogen-bond acceptors (Lipinski definition) is 2. The molecule has 0 saturated carbocycles. The van der Waals surface area contributed by atoms with E-state index < -0.39 is 0 Å². The minimum Gasteiger partial charge on any atom is -0.489 e. The van der Waals surface area contributed by atoms with Crippen LogP contribution in [0.15, 0.2) is 42.5 Å². The maximum Gasteiger partial charge on any atom is 0.124 e. The molecule has 2 nitrogen and oxygen atoms in total. The van der Waals surface area contributed by atoms with Crippen LogP contribution in [0.3, 0.4) is 0 Å². The van der Waals surface area contributed by atoms with Gasteiger partial charge < -0.3 is 10.1 Å². The number of rotatable bonds is 7. The zero-order chi connectivity index (χ0) is 15.9. The Morgan fingerprint density at radius 3 is 2.59 bits per heavy atom. The van der Waals surface area contributed by atoms with Gasteiger partial charge in [-0.15, -0.1) is 0 Å². The molecule has 0 bridgehead atoms. The molecule has 1 N–H and O–H groups in total. The largest absolute Gasteiger partial charge is 0.489 e. The fourth-order valence-corrected chi connectivity index (χ4v) is 2.33. The van der Waals surface area contributed by atoms with Gasteiger partial charge >= 0.3 is 0 Å². The fourth-order valence-electron chi connectivity index (χ4n) is 2.01. The first kappa shape index (κ1) is 17.1. The Labute approximate surface area is 142 Å². The van der Waals surface area contributed by atoms with Gasteiger partial charge in [-0.3, -0.25) is 0 Å². The van der Waals surface area contributed by atoms with E-state index in [4.69, 9.17) is 27.9 Å². The van der Waals surface area contributed by atoms with Crippen LogP contribution in [-0.2, 0) is 13.2 Å². The molecule has 22 heavy (non-hydrogen) atoms. The van der Waals surface area contributed by atoms with E-state index in [1.807, 2.05) is 30.3 Å². The highest BCUT2D eigenvalue weighted by molar-refractivity contribution is 6.42. The molecule has 0 radical (unpaired) electrons. The van der Waals surface area contributed by atoms with Crippen molar-refractivity contribution in [3.63, 3.8) is 0 Å². The highest BCUT2D eigenvalue weighted by Crippen LogP contribution is 2.24. The predicted octanol–water partition coefficient (Wildman–Crippen LogP) is 5.46. The highest BCUT2D eigenvalue weighted by atomic mass is 35.5. The maximum atomic E-state index is 6.03. The Balaban J connectivity index is 2.01. The Bertz CT molecular complexity index is 616. The lowest BCUT2D eigenvalue weighted by Crippen LogP contribution is -2.24. The molecule has 0 spiro atoms. The summed E-state index contributed by atoms with van der Waals surface area (Å²) in [4.78, 5) is 0. The minimum atomic E-state index is 0.469. The molecule has 4 heteroatoms. The van der Waals surface area contributed by atoms with Crippen molar-refractivity contribution in [2.24, 2.45) is 0 Å². The van der Waals surface area contributed by atoms with Crippen LogP contribution < -0.4 is 10.1 Å². The molecule has 1 atom stereocenters. The monoisotopic (exact) mass is 337 g/mol. The molecule has 0 amide bonds. The van der Waals surface area contributed by atoms with Crippen LogP contribution in [0.5, 0.6) is 5.75 Å². The fraction of sp³-hybridized carbons (Fsp3) is 0.333. The SMILES string of the molecule is CCC(C)NCc1ccccc1OCc1ccc(Cl)c(Cl)c1. The first-order chi connectivity index (χ1) is 10.6. The highest BCUT2D eigenvalue weighted by Gasteiger charge is 2.06. The first-order valence-corrected chi connectivity index (χ1v) is 8.23. The Hall–Kier alpha value is -1.22. The third-order valence-electron chi connectivity index (χ3n) is 3.60. The van der Waals surface area contributed by atoms with Gasteiger partial charge in [-0.2, -0.15) is 0 Å². The molecule has 118 valence electrons. The summed E-state index contributed by atoms with van der Waals surface area (Å²) in [5.41, 5.74) is 2.15. The van der Waals surface area contributed by atoms with Gasteiger partial charge in [-0.05, 0) is 37.1 Å². The lowest BCUT2D eigenvalue weighted by Gasteiger charge is -2.15. The van der Waals surface area contributed by atoms with Gasteiger partial charge in [0, 0.05) is 18.2 Å². The lowest BCUT2D eigenvalue weighted by molar-refractivity contribution is 0.301. The van der Waals surface area contributed by atoms with Crippen molar-refractivity contribution in [1.29, 1.82) is 0 Å². The molecular weight excluding hydrogens is 317 g/mol. The van der Waals surface area contributed by atoms with Gasteiger partial charge in [0.25, 0.3) is 0 Å². The van der Waals surface area contributed by atoms with Crippen LogP contribution >= 0.6 is 23.2 Å². The number of nitrogens with one attached hydrogen (secondary N) is 1. The number of halogens is 2. The molecule has 0 heterocycles. The van der Waals surface area contributed by atoms with E-state index in [1.54, 1.807) is 6.07 Å². The van der Waals surface area contributed by atoms with Gasteiger partial charge in [-0.1, -0.05) is 54.4 Å². The zero-order valence-electron chi connectivity index (χ0n) is 12.9.